The smallest absolute Gasteiger partial charge is 0.316 e. The molecule has 0 spiro atoms. The maximum Gasteiger partial charge on any atom is 0.316 e. The molecule has 0 aliphatic rings. The molecule has 0 aliphatic carbocycles. The lowest BCUT2D eigenvalue weighted by molar-refractivity contribution is 0.251. The molecule has 4 heteroatoms. The van der Waals surface area contributed by atoms with E-state index in [1.54, 1.807) is 18.2 Å². The fourth-order valence-corrected chi connectivity index (χ4v) is 0.852. The molecular formula is C10H15ClN2O. The van der Waals surface area contributed by atoms with Gasteiger partial charge in [0, 0.05) is 10.7 Å². The van der Waals surface area contributed by atoms with Gasteiger partial charge >= 0.3 is 6.03 Å². The highest BCUT2D eigenvalue weighted by Gasteiger charge is 1.94. The summed E-state index contributed by atoms with van der Waals surface area (Å²) >= 11 is 5.75. The standard InChI is InChI=1S/C10H15ClN2O/c1-3-5-9(13-10(12)14)7-6-8(11)4-2/h4-7H,3H2,1-2H3,(H3,12,13,14)/b7-6-,8-4+,9-5-. The molecule has 0 bridgehead atoms. The number of carbonyl (C=O) groups excluding carboxylic acids is 1. The van der Waals surface area contributed by atoms with E-state index in [1.165, 1.54) is 0 Å². The quantitative estimate of drug-likeness (QED) is 0.695. The summed E-state index contributed by atoms with van der Waals surface area (Å²) in [5, 5.41) is 3.10. The van der Waals surface area contributed by atoms with E-state index >= 15 is 0 Å². The van der Waals surface area contributed by atoms with Crippen molar-refractivity contribution in [2.75, 3.05) is 0 Å². The number of amides is 2. The van der Waals surface area contributed by atoms with E-state index in [4.69, 9.17) is 17.3 Å². The van der Waals surface area contributed by atoms with Crippen LogP contribution in [0.25, 0.3) is 0 Å². The molecule has 0 saturated heterocycles. The first-order valence-electron chi connectivity index (χ1n) is 4.36. The van der Waals surface area contributed by atoms with E-state index < -0.39 is 6.03 Å². The Labute approximate surface area is 89.3 Å². The second-order valence-electron chi connectivity index (χ2n) is 2.56. The van der Waals surface area contributed by atoms with Crippen molar-refractivity contribution in [3.05, 3.63) is 35.0 Å². The SMILES string of the molecule is C\C=C(Cl)/C=C\C(=C\CC)NC(N)=O. The number of primary amides is 1. The Hall–Kier alpha value is -1.22. The summed E-state index contributed by atoms with van der Waals surface area (Å²) in [6.07, 6.45) is 7.82. The number of rotatable bonds is 4. The molecule has 3 N–H and O–H groups in total. The fourth-order valence-electron chi connectivity index (χ4n) is 0.789. The average molecular weight is 215 g/mol. The summed E-state index contributed by atoms with van der Waals surface area (Å²) in [5.41, 5.74) is 5.64. The number of halogens is 1. The van der Waals surface area contributed by atoms with Gasteiger partial charge in [-0.25, -0.2) is 4.79 Å². The van der Waals surface area contributed by atoms with E-state index in [9.17, 15) is 4.79 Å². The molecule has 14 heavy (non-hydrogen) atoms. The Bertz CT molecular complexity index is 280. The Morgan fingerprint density at radius 3 is 2.57 bits per heavy atom. The molecule has 0 saturated carbocycles. The minimum atomic E-state index is -0.578. The zero-order valence-corrected chi connectivity index (χ0v) is 9.14. The van der Waals surface area contributed by atoms with Gasteiger partial charge in [-0.3, -0.25) is 0 Å². The zero-order chi connectivity index (χ0) is 11.0. The highest BCUT2D eigenvalue weighted by molar-refractivity contribution is 6.31. The largest absolute Gasteiger partial charge is 0.351 e. The van der Waals surface area contributed by atoms with Crippen LogP contribution in [0, 0.1) is 0 Å². The van der Waals surface area contributed by atoms with Gasteiger partial charge in [0.25, 0.3) is 0 Å². The predicted molar refractivity (Wildman–Crippen MR) is 59.8 cm³/mol. The maximum absolute atomic E-state index is 10.6. The number of nitrogens with one attached hydrogen (secondary N) is 1. The molecule has 0 radical (unpaired) electrons. The molecule has 0 fully saturated rings. The lowest BCUT2D eigenvalue weighted by Gasteiger charge is -2.01. The van der Waals surface area contributed by atoms with E-state index in [0.717, 1.165) is 6.42 Å². The molecule has 0 aromatic rings. The number of allylic oxidation sites excluding steroid dienone is 5. The second-order valence-corrected chi connectivity index (χ2v) is 3.00. The van der Waals surface area contributed by atoms with Gasteiger partial charge in [0.05, 0.1) is 0 Å². The minimum Gasteiger partial charge on any atom is -0.351 e. The number of hydrogen-bond acceptors (Lipinski definition) is 1. The molecule has 3 nitrogen and oxygen atoms in total. The first kappa shape index (κ1) is 12.8. The van der Waals surface area contributed by atoms with Crippen molar-refractivity contribution in [2.45, 2.75) is 20.3 Å². The molecule has 0 unspecified atom stereocenters. The molecule has 2 amide bonds. The van der Waals surface area contributed by atoms with Crippen molar-refractivity contribution in [1.29, 1.82) is 0 Å². The topological polar surface area (TPSA) is 55.1 Å². The Kier molecular flexibility index (Phi) is 6.58. The molecule has 0 atom stereocenters. The Morgan fingerprint density at radius 2 is 2.14 bits per heavy atom. The molecule has 0 heterocycles. The lowest BCUT2D eigenvalue weighted by atomic mass is 10.3. The van der Waals surface area contributed by atoms with Crippen LogP contribution < -0.4 is 11.1 Å². The predicted octanol–water partition coefficient (Wildman–Crippen LogP) is 2.65. The molecule has 0 aliphatic heterocycles. The van der Waals surface area contributed by atoms with Crippen molar-refractivity contribution in [3.8, 4) is 0 Å². The van der Waals surface area contributed by atoms with Crippen LogP contribution in [-0.4, -0.2) is 6.03 Å². The summed E-state index contributed by atoms with van der Waals surface area (Å²) in [4.78, 5) is 10.6. The third-order valence-corrected chi connectivity index (χ3v) is 1.73. The van der Waals surface area contributed by atoms with Gasteiger partial charge in [0.1, 0.15) is 0 Å². The lowest BCUT2D eigenvalue weighted by Crippen LogP contribution is -2.27. The molecular weight excluding hydrogens is 200 g/mol. The van der Waals surface area contributed by atoms with E-state index in [1.807, 2.05) is 19.9 Å². The highest BCUT2D eigenvalue weighted by atomic mass is 35.5. The third-order valence-electron chi connectivity index (χ3n) is 1.39. The first-order chi connectivity index (χ1) is 6.60. The van der Waals surface area contributed by atoms with Crippen molar-refractivity contribution >= 4 is 17.6 Å². The summed E-state index contributed by atoms with van der Waals surface area (Å²) in [6.45, 7) is 3.80. The number of nitrogens with two attached hydrogens (primary N) is 1. The van der Waals surface area contributed by atoms with Crippen LogP contribution in [0.1, 0.15) is 20.3 Å². The van der Waals surface area contributed by atoms with Crippen LogP contribution in [0.4, 0.5) is 4.79 Å². The van der Waals surface area contributed by atoms with E-state index in [2.05, 4.69) is 5.32 Å². The van der Waals surface area contributed by atoms with E-state index in [-0.39, 0.29) is 0 Å². The second kappa shape index (κ2) is 7.21. The van der Waals surface area contributed by atoms with Gasteiger partial charge in [-0.2, -0.15) is 0 Å². The van der Waals surface area contributed by atoms with Crippen LogP contribution in [-0.2, 0) is 0 Å². The van der Waals surface area contributed by atoms with Gasteiger partial charge in [-0.15, -0.1) is 0 Å². The maximum atomic E-state index is 10.6. The summed E-state index contributed by atoms with van der Waals surface area (Å²) in [7, 11) is 0. The zero-order valence-electron chi connectivity index (χ0n) is 8.38. The van der Waals surface area contributed by atoms with Crippen LogP contribution >= 0.6 is 11.6 Å². The van der Waals surface area contributed by atoms with Crippen molar-refractivity contribution in [1.82, 2.24) is 5.32 Å². The molecule has 0 aromatic carbocycles. The summed E-state index contributed by atoms with van der Waals surface area (Å²) in [6, 6.07) is -0.578. The van der Waals surface area contributed by atoms with Crippen molar-refractivity contribution in [2.24, 2.45) is 5.73 Å². The molecule has 0 rings (SSSR count). The van der Waals surface area contributed by atoms with Crippen LogP contribution in [0.5, 0.6) is 0 Å². The van der Waals surface area contributed by atoms with Gasteiger partial charge < -0.3 is 11.1 Å². The Morgan fingerprint density at radius 1 is 1.50 bits per heavy atom. The van der Waals surface area contributed by atoms with Gasteiger partial charge in [0.2, 0.25) is 0 Å². The minimum absolute atomic E-state index is 0.578. The third kappa shape index (κ3) is 6.31. The van der Waals surface area contributed by atoms with E-state index in [0.29, 0.717) is 10.7 Å². The average Bonchev–Trinajstić information content (AvgIpc) is 2.13. The van der Waals surface area contributed by atoms with Crippen LogP contribution in [0.2, 0.25) is 0 Å². The Balaban J connectivity index is 4.46. The molecule has 78 valence electrons. The fraction of sp³-hybridized carbons (Fsp3) is 0.300. The molecule has 0 aromatic heterocycles. The highest BCUT2D eigenvalue weighted by Crippen LogP contribution is 2.04. The summed E-state index contributed by atoms with van der Waals surface area (Å²) in [5.74, 6) is 0. The number of carbonyl (C=O) groups is 1. The van der Waals surface area contributed by atoms with Crippen LogP contribution in [0.15, 0.2) is 35.0 Å². The number of urea groups is 1. The van der Waals surface area contributed by atoms with Gasteiger partial charge in [-0.1, -0.05) is 30.7 Å². The normalized spacial score (nSPS) is 13.4. The van der Waals surface area contributed by atoms with Gasteiger partial charge in [0.15, 0.2) is 0 Å². The monoisotopic (exact) mass is 214 g/mol. The summed E-state index contributed by atoms with van der Waals surface area (Å²) < 4.78 is 0. The van der Waals surface area contributed by atoms with Crippen LogP contribution in [0.3, 0.4) is 0 Å². The van der Waals surface area contributed by atoms with Crippen molar-refractivity contribution in [3.63, 3.8) is 0 Å². The number of hydrogen-bond donors (Lipinski definition) is 2. The van der Waals surface area contributed by atoms with Crippen molar-refractivity contribution < 1.29 is 4.79 Å². The van der Waals surface area contributed by atoms with Gasteiger partial charge in [-0.05, 0) is 25.5 Å². The first-order valence-corrected chi connectivity index (χ1v) is 4.74.